The zero-order valence-electron chi connectivity index (χ0n) is 12.6. The molecule has 0 fully saturated rings. The van der Waals surface area contributed by atoms with Gasteiger partial charge in [-0.2, -0.15) is 0 Å². The van der Waals surface area contributed by atoms with E-state index in [0.29, 0.717) is 6.04 Å². The number of imidazole rings is 1. The first kappa shape index (κ1) is 15.1. The fourth-order valence-electron chi connectivity index (χ4n) is 2.61. The maximum atomic E-state index is 5.48. The van der Waals surface area contributed by atoms with Crippen molar-refractivity contribution < 1.29 is 4.74 Å². The molecule has 1 unspecified atom stereocenters. The number of fused-ring (bicyclic) bond motifs is 1. The fraction of sp³-hybridized carbons (Fsp3) is 0.533. The van der Waals surface area contributed by atoms with Gasteiger partial charge in [0.15, 0.2) is 4.77 Å². The monoisotopic (exact) mass is 293 g/mol. The molecule has 2 aromatic rings. The average molecular weight is 293 g/mol. The van der Waals surface area contributed by atoms with Gasteiger partial charge in [0.1, 0.15) is 5.75 Å². The van der Waals surface area contributed by atoms with Crippen LogP contribution in [-0.2, 0) is 0 Å². The summed E-state index contributed by atoms with van der Waals surface area (Å²) in [5.41, 5.74) is 2.16. The number of likely N-dealkylation sites (N-methyl/N-ethyl adjacent to an activating group) is 1. The topological polar surface area (TPSA) is 33.2 Å². The zero-order valence-corrected chi connectivity index (χ0v) is 13.5. The van der Waals surface area contributed by atoms with Crippen LogP contribution in [0.15, 0.2) is 18.2 Å². The van der Waals surface area contributed by atoms with E-state index in [2.05, 4.69) is 41.3 Å². The van der Waals surface area contributed by atoms with E-state index in [9.17, 15) is 0 Å². The Morgan fingerprint density at radius 1 is 1.35 bits per heavy atom. The highest BCUT2D eigenvalue weighted by Gasteiger charge is 2.14. The van der Waals surface area contributed by atoms with Crippen molar-refractivity contribution in [1.29, 1.82) is 0 Å². The van der Waals surface area contributed by atoms with Gasteiger partial charge in [0, 0.05) is 18.7 Å². The van der Waals surface area contributed by atoms with Crippen LogP contribution in [0.5, 0.6) is 5.75 Å². The van der Waals surface area contributed by atoms with Gasteiger partial charge < -0.3 is 19.2 Å². The summed E-state index contributed by atoms with van der Waals surface area (Å²) in [7, 11) is 1.68. The number of aromatic nitrogens is 2. The summed E-state index contributed by atoms with van der Waals surface area (Å²) in [6, 6.07) is 6.38. The molecular formula is C15H23N3OS. The number of methoxy groups -OCH3 is 1. The lowest BCUT2D eigenvalue weighted by atomic mass is 10.2. The molecule has 0 bridgehead atoms. The van der Waals surface area contributed by atoms with E-state index < -0.39 is 0 Å². The molecule has 20 heavy (non-hydrogen) atoms. The predicted octanol–water partition coefficient (Wildman–Crippen LogP) is 3.61. The first-order chi connectivity index (χ1) is 9.60. The van der Waals surface area contributed by atoms with Gasteiger partial charge in [0.2, 0.25) is 0 Å². The molecule has 1 aromatic heterocycles. The molecule has 0 spiro atoms. The Hall–Kier alpha value is -1.33. The summed E-state index contributed by atoms with van der Waals surface area (Å²) in [4.78, 5) is 5.68. The van der Waals surface area contributed by atoms with E-state index in [-0.39, 0.29) is 0 Å². The highest BCUT2D eigenvalue weighted by Crippen LogP contribution is 2.23. The van der Waals surface area contributed by atoms with Crippen molar-refractivity contribution in [1.82, 2.24) is 14.5 Å². The van der Waals surface area contributed by atoms with Crippen LogP contribution in [0.4, 0.5) is 0 Å². The van der Waals surface area contributed by atoms with Crippen LogP contribution in [-0.4, -0.2) is 41.2 Å². The van der Waals surface area contributed by atoms with Gasteiger partial charge in [0.05, 0.1) is 18.1 Å². The Balaban J connectivity index is 2.38. The van der Waals surface area contributed by atoms with Gasteiger partial charge in [-0.3, -0.25) is 0 Å². The van der Waals surface area contributed by atoms with E-state index in [4.69, 9.17) is 17.0 Å². The second-order valence-electron chi connectivity index (χ2n) is 5.02. The minimum atomic E-state index is 0.338. The van der Waals surface area contributed by atoms with Gasteiger partial charge >= 0.3 is 0 Å². The van der Waals surface area contributed by atoms with Crippen molar-refractivity contribution >= 4 is 23.3 Å². The van der Waals surface area contributed by atoms with Gasteiger partial charge in [-0.15, -0.1) is 0 Å². The van der Waals surface area contributed by atoms with Crippen molar-refractivity contribution in [3.05, 3.63) is 23.0 Å². The largest absolute Gasteiger partial charge is 0.497 e. The Labute approximate surface area is 125 Å². The van der Waals surface area contributed by atoms with E-state index in [1.807, 2.05) is 12.1 Å². The molecule has 0 saturated heterocycles. The van der Waals surface area contributed by atoms with Crippen LogP contribution >= 0.6 is 12.2 Å². The van der Waals surface area contributed by atoms with Crippen LogP contribution in [0, 0.1) is 4.77 Å². The van der Waals surface area contributed by atoms with Crippen LogP contribution < -0.4 is 4.74 Å². The molecule has 1 heterocycles. The summed E-state index contributed by atoms with van der Waals surface area (Å²) in [5.74, 6) is 0.845. The van der Waals surface area contributed by atoms with E-state index in [1.54, 1.807) is 7.11 Å². The molecule has 0 aliphatic rings. The summed E-state index contributed by atoms with van der Waals surface area (Å²) in [6.45, 7) is 9.71. The average Bonchev–Trinajstić information content (AvgIpc) is 2.79. The van der Waals surface area contributed by atoms with Gasteiger partial charge in [-0.1, -0.05) is 13.8 Å². The molecule has 0 aliphatic heterocycles. The summed E-state index contributed by atoms with van der Waals surface area (Å²) in [6.07, 6.45) is 0. The number of H-pyrrole nitrogens is 1. The van der Waals surface area contributed by atoms with Crippen LogP contribution in [0.1, 0.15) is 26.8 Å². The zero-order chi connectivity index (χ0) is 14.7. The normalized spacial score (nSPS) is 13.1. The Bertz CT molecular complexity index is 628. The van der Waals surface area contributed by atoms with Gasteiger partial charge in [0.25, 0.3) is 0 Å². The summed E-state index contributed by atoms with van der Waals surface area (Å²) < 4.78 is 8.23. The van der Waals surface area contributed by atoms with Crippen LogP contribution in [0.2, 0.25) is 0 Å². The molecule has 0 amide bonds. The predicted molar refractivity (Wildman–Crippen MR) is 86.2 cm³/mol. The number of ether oxygens (including phenoxy) is 1. The summed E-state index contributed by atoms with van der Waals surface area (Å²) in [5, 5.41) is 0. The van der Waals surface area contributed by atoms with Crippen molar-refractivity contribution in [2.75, 3.05) is 26.7 Å². The third kappa shape index (κ3) is 2.88. The van der Waals surface area contributed by atoms with Crippen molar-refractivity contribution in [2.24, 2.45) is 0 Å². The van der Waals surface area contributed by atoms with Crippen LogP contribution in [0.25, 0.3) is 11.0 Å². The fourth-order valence-corrected chi connectivity index (χ4v) is 3.00. The smallest absolute Gasteiger partial charge is 0.178 e. The highest BCUT2D eigenvalue weighted by atomic mass is 32.1. The maximum Gasteiger partial charge on any atom is 0.178 e. The van der Waals surface area contributed by atoms with E-state index >= 15 is 0 Å². The molecular weight excluding hydrogens is 270 g/mol. The Morgan fingerprint density at radius 3 is 2.65 bits per heavy atom. The quantitative estimate of drug-likeness (QED) is 0.826. The Morgan fingerprint density at radius 2 is 2.05 bits per heavy atom. The SMILES string of the molecule is CCN(CC)CC(C)n1c(=S)[nH]c2cc(OC)ccc21. The summed E-state index contributed by atoms with van der Waals surface area (Å²) >= 11 is 5.48. The second kappa shape index (κ2) is 6.41. The van der Waals surface area contributed by atoms with Crippen LogP contribution in [0.3, 0.4) is 0 Å². The number of benzene rings is 1. The number of nitrogens with one attached hydrogen (secondary N) is 1. The number of aromatic amines is 1. The van der Waals surface area contributed by atoms with Gasteiger partial charge in [-0.25, -0.2) is 0 Å². The molecule has 1 atom stereocenters. The molecule has 1 aromatic carbocycles. The van der Waals surface area contributed by atoms with E-state index in [0.717, 1.165) is 41.2 Å². The number of hydrogen-bond donors (Lipinski definition) is 1. The molecule has 0 aliphatic carbocycles. The van der Waals surface area contributed by atoms with Crippen molar-refractivity contribution in [2.45, 2.75) is 26.8 Å². The van der Waals surface area contributed by atoms with Crippen molar-refractivity contribution in [3.8, 4) is 5.75 Å². The standard InChI is InChI=1S/C15H23N3OS/c1-5-17(6-2)10-11(3)18-14-8-7-12(19-4)9-13(14)16-15(18)20/h7-9,11H,5-6,10H2,1-4H3,(H,16,20). The third-order valence-corrected chi connectivity index (χ3v) is 4.08. The lowest BCUT2D eigenvalue weighted by molar-refractivity contribution is 0.262. The number of rotatable bonds is 6. The molecule has 0 radical (unpaired) electrons. The molecule has 5 heteroatoms. The first-order valence-corrected chi connectivity index (χ1v) is 7.52. The maximum absolute atomic E-state index is 5.48. The minimum absolute atomic E-state index is 0.338. The molecule has 4 nitrogen and oxygen atoms in total. The van der Waals surface area contributed by atoms with Gasteiger partial charge in [-0.05, 0) is 44.4 Å². The lowest BCUT2D eigenvalue weighted by Gasteiger charge is -2.24. The first-order valence-electron chi connectivity index (χ1n) is 7.11. The third-order valence-electron chi connectivity index (χ3n) is 3.78. The molecule has 2 rings (SSSR count). The van der Waals surface area contributed by atoms with E-state index in [1.165, 1.54) is 0 Å². The lowest BCUT2D eigenvalue weighted by Crippen LogP contribution is -2.29. The molecule has 0 saturated carbocycles. The molecule has 1 N–H and O–H groups in total. The van der Waals surface area contributed by atoms with Crippen molar-refractivity contribution in [3.63, 3.8) is 0 Å². The number of nitrogens with zero attached hydrogens (tertiary/aromatic N) is 2. The number of hydrogen-bond acceptors (Lipinski definition) is 3. The second-order valence-corrected chi connectivity index (χ2v) is 5.40. The minimum Gasteiger partial charge on any atom is -0.497 e. The Kier molecular flexibility index (Phi) is 4.83. The molecule has 110 valence electrons. The highest BCUT2D eigenvalue weighted by molar-refractivity contribution is 7.71.